The molecule has 1 aromatic carbocycles. The first-order chi connectivity index (χ1) is 16.8. The van der Waals surface area contributed by atoms with E-state index in [9.17, 15) is 18.0 Å². The average molecular weight is 487 g/mol. The molecule has 1 saturated heterocycles. The highest BCUT2D eigenvalue weighted by Gasteiger charge is 2.35. The number of carbonyl (C=O) groups is 1. The van der Waals surface area contributed by atoms with Crippen LogP contribution in [0.4, 0.5) is 19.0 Å². The molecule has 0 unspecified atom stereocenters. The maximum absolute atomic E-state index is 13.1. The van der Waals surface area contributed by atoms with Gasteiger partial charge < -0.3 is 10.6 Å². The minimum atomic E-state index is -4.44. The Labute approximate surface area is 201 Å². The monoisotopic (exact) mass is 486 g/mol. The van der Waals surface area contributed by atoms with E-state index in [2.05, 4.69) is 31.7 Å². The number of alkyl halides is 3. The van der Waals surface area contributed by atoms with Crippen LogP contribution < -0.4 is 10.6 Å². The Kier molecular flexibility index (Phi) is 6.39. The summed E-state index contributed by atoms with van der Waals surface area (Å²) in [5, 5.41) is 10.5. The summed E-state index contributed by atoms with van der Waals surface area (Å²) in [6.07, 6.45) is 3.94. The van der Waals surface area contributed by atoms with Crippen molar-refractivity contribution in [1.82, 2.24) is 25.0 Å². The number of anilines is 1. The van der Waals surface area contributed by atoms with E-state index in [1.165, 1.54) is 16.3 Å². The Bertz CT molecular complexity index is 1180. The molecule has 3 aromatic rings. The van der Waals surface area contributed by atoms with Crippen LogP contribution >= 0.6 is 0 Å². The van der Waals surface area contributed by atoms with Gasteiger partial charge in [-0.2, -0.15) is 18.3 Å². The van der Waals surface area contributed by atoms with E-state index in [0.717, 1.165) is 50.9 Å². The third-order valence-electron chi connectivity index (χ3n) is 7.24. The van der Waals surface area contributed by atoms with Crippen molar-refractivity contribution >= 4 is 22.6 Å². The Morgan fingerprint density at radius 3 is 2.60 bits per heavy atom. The number of rotatable bonds is 6. The fourth-order valence-corrected chi connectivity index (χ4v) is 5.31. The summed E-state index contributed by atoms with van der Waals surface area (Å²) in [4.78, 5) is 19.1. The van der Waals surface area contributed by atoms with Crippen LogP contribution in [0.1, 0.15) is 42.7 Å². The van der Waals surface area contributed by atoms with E-state index in [0.29, 0.717) is 22.9 Å². The minimum absolute atomic E-state index is 0.0465. The number of aromatic nitrogens is 3. The molecule has 10 heteroatoms. The summed E-state index contributed by atoms with van der Waals surface area (Å²) >= 11 is 0. The van der Waals surface area contributed by atoms with Crippen molar-refractivity contribution in [3.8, 4) is 0 Å². The molecule has 2 fully saturated rings. The third-order valence-corrected chi connectivity index (χ3v) is 7.24. The summed E-state index contributed by atoms with van der Waals surface area (Å²) in [5.41, 5.74) is 1.14. The lowest BCUT2D eigenvalue weighted by molar-refractivity contribution is -0.137. The molecule has 0 spiro atoms. The molecule has 2 N–H and O–H groups in total. The molecule has 2 aliphatic rings. The number of carbonyl (C=O) groups excluding carboxylic acids is 1. The smallest absolute Gasteiger partial charge is 0.359 e. The normalized spacial score (nSPS) is 21.6. The standard InChI is InChI=1S/C25H29F3N6O/c1-33-22-9-6-18(25(26,27)28)11-21(22)24(32-33)30-13-23(35)31-19-14-34(15-19)20-7-4-16(5-8-20)17-3-2-10-29-12-17/h2-3,6,9-12,16,19-20H,4-5,7-8,13-15H2,1H3,(H,30,32)(H,31,35). The van der Waals surface area contributed by atoms with Crippen LogP contribution in [0.25, 0.3) is 10.9 Å². The number of pyridine rings is 1. The van der Waals surface area contributed by atoms with Crippen LogP contribution in [0, 0.1) is 0 Å². The molecule has 5 rings (SSSR count). The van der Waals surface area contributed by atoms with Crippen molar-refractivity contribution in [2.45, 2.75) is 49.9 Å². The lowest BCUT2D eigenvalue weighted by atomic mass is 9.81. The van der Waals surface area contributed by atoms with Gasteiger partial charge in [-0.15, -0.1) is 0 Å². The van der Waals surface area contributed by atoms with Crippen molar-refractivity contribution in [2.24, 2.45) is 7.05 Å². The zero-order valence-electron chi connectivity index (χ0n) is 19.6. The van der Waals surface area contributed by atoms with Crippen LogP contribution in [0.3, 0.4) is 0 Å². The number of hydrogen-bond donors (Lipinski definition) is 2. The fraction of sp³-hybridized carbons (Fsp3) is 0.480. The molecule has 1 amide bonds. The second-order valence-electron chi connectivity index (χ2n) is 9.57. The first-order valence-corrected chi connectivity index (χ1v) is 12.0. The van der Waals surface area contributed by atoms with Crippen molar-refractivity contribution in [3.05, 3.63) is 53.9 Å². The largest absolute Gasteiger partial charge is 0.416 e. The van der Waals surface area contributed by atoms with Gasteiger partial charge in [-0.25, -0.2) is 0 Å². The first-order valence-electron chi connectivity index (χ1n) is 12.0. The molecular weight excluding hydrogens is 457 g/mol. The quantitative estimate of drug-likeness (QED) is 0.553. The number of amides is 1. The van der Waals surface area contributed by atoms with Crippen molar-refractivity contribution in [1.29, 1.82) is 0 Å². The van der Waals surface area contributed by atoms with Crippen molar-refractivity contribution in [2.75, 3.05) is 25.0 Å². The van der Waals surface area contributed by atoms with Crippen molar-refractivity contribution < 1.29 is 18.0 Å². The Hall–Kier alpha value is -3.14. The fourth-order valence-electron chi connectivity index (χ4n) is 5.31. The van der Waals surface area contributed by atoms with Gasteiger partial charge in [0.05, 0.1) is 23.7 Å². The minimum Gasteiger partial charge on any atom is -0.359 e. The van der Waals surface area contributed by atoms with E-state index >= 15 is 0 Å². The molecular formula is C25H29F3N6O. The van der Waals surface area contributed by atoms with Crippen LogP contribution in [0.5, 0.6) is 0 Å². The van der Waals surface area contributed by atoms with Crippen LogP contribution in [0.2, 0.25) is 0 Å². The molecule has 35 heavy (non-hydrogen) atoms. The van der Waals surface area contributed by atoms with E-state index in [-0.39, 0.29) is 24.3 Å². The molecule has 7 nitrogen and oxygen atoms in total. The predicted octanol–water partition coefficient (Wildman–Crippen LogP) is 3.93. The van der Waals surface area contributed by atoms with Crippen LogP contribution in [0.15, 0.2) is 42.7 Å². The second-order valence-corrected chi connectivity index (χ2v) is 9.57. The van der Waals surface area contributed by atoms with E-state index in [4.69, 9.17) is 0 Å². The maximum Gasteiger partial charge on any atom is 0.416 e. The summed E-state index contributed by atoms with van der Waals surface area (Å²) in [6, 6.07) is 8.29. The van der Waals surface area contributed by atoms with Gasteiger partial charge in [0.15, 0.2) is 5.82 Å². The van der Waals surface area contributed by atoms with Gasteiger partial charge in [0.2, 0.25) is 5.91 Å². The highest BCUT2D eigenvalue weighted by molar-refractivity contribution is 5.92. The maximum atomic E-state index is 13.1. The van der Waals surface area contributed by atoms with Crippen LogP contribution in [-0.4, -0.2) is 57.3 Å². The first kappa shape index (κ1) is 23.6. The third kappa shape index (κ3) is 5.12. The van der Waals surface area contributed by atoms with Crippen molar-refractivity contribution in [3.63, 3.8) is 0 Å². The molecule has 0 radical (unpaired) electrons. The topological polar surface area (TPSA) is 75.1 Å². The number of nitrogens with zero attached hydrogens (tertiary/aromatic N) is 4. The Balaban J connectivity index is 1.08. The number of halogens is 3. The number of benzene rings is 1. The van der Waals surface area contributed by atoms with Gasteiger partial charge in [-0.05, 0) is 61.4 Å². The average Bonchev–Trinajstić information content (AvgIpc) is 3.15. The predicted molar refractivity (Wildman–Crippen MR) is 127 cm³/mol. The van der Waals surface area contributed by atoms with Gasteiger partial charge in [-0.1, -0.05) is 6.07 Å². The van der Waals surface area contributed by atoms with Gasteiger partial charge in [-0.3, -0.25) is 19.4 Å². The van der Waals surface area contributed by atoms with Gasteiger partial charge in [0, 0.05) is 44.0 Å². The summed E-state index contributed by atoms with van der Waals surface area (Å²) < 4.78 is 40.8. The molecule has 0 atom stereocenters. The summed E-state index contributed by atoms with van der Waals surface area (Å²) in [5.74, 6) is 0.655. The zero-order chi connectivity index (χ0) is 24.6. The summed E-state index contributed by atoms with van der Waals surface area (Å²) in [6.45, 7) is 1.61. The molecule has 1 aliphatic carbocycles. The summed E-state index contributed by atoms with van der Waals surface area (Å²) in [7, 11) is 1.66. The number of fused-ring (bicyclic) bond motifs is 1. The van der Waals surface area contributed by atoms with E-state index < -0.39 is 11.7 Å². The highest BCUT2D eigenvalue weighted by Crippen LogP contribution is 2.36. The van der Waals surface area contributed by atoms with Crippen LogP contribution in [-0.2, 0) is 18.0 Å². The van der Waals surface area contributed by atoms with E-state index in [1.54, 1.807) is 13.2 Å². The number of likely N-dealkylation sites (tertiary alicyclic amines) is 1. The Morgan fingerprint density at radius 2 is 1.91 bits per heavy atom. The lowest BCUT2D eigenvalue weighted by Crippen LogP contribution is -2.63. The van der Waals surface area contributed by atoms with E-state index in [1.807, 2.05) is 12.3 Å². The second kappa shape index (κ2) is 9.49. The highest BCUT2D eigenvalue weighted by atomic mass is 19.4. The molecule has 3 heterocycles. The Morgan fingerprint density at radius 1 is 1.14 bits per heavy atom. The SMILES string of the molecule is Cn1nc(NCC(=O)NC2CN(C3CCC(c4cccnc4)CC3)C2)c2cc(C(F)(F)F)ccc21. The molecule has 1 aliphatic heterocycles. The number of aryl methyl sites for hydroxylation is 1. The number of nitrogens with one attached hydrogen (secondary N) is 2. The van der Waals surface area contributed by atoms with Gasteiger partial charge in [0.25, 0.3) is 0 Å². The molecule has 0 bridgehead atoms. The zero-order valence-corrected chi connectivity index (χ0v) is 19.6. The lowest BCUT2D eigenvalue weighted by Gasteiger charge is -2.46. The van der Waals surface area contributed by atoms with Gasteiger partial charge in [0.1, 0.15) is 0 Å². The van der Waals surface area contributed by atoms with Gasteiger partial charge >= 0.3 is 6.18 Å². The molecule has 186 valence electrons. The number of hydrogen-bond acceptors (Lipinski definition) is 5. The molecule has 2 aromatic heterocycles. The molecule has 1 saturated carbocycles.